The number of pyridine rings is 1. The van der Waals surface area contributed by atoms with Crippen molar-refractivity contribution < 1.29 is 50.9 Å². The molecule has 0 aliphatic carbocycles. The first kappa shape index (κ1) is 31.0. The number of anilines is 1. The average molecular weight is 571 g/mol. The van der Waals surface area contributed by atoms with E-state index in [0.717, 1.165) is 44.0 Å². The summed E-state index contributed by atoms with van der Waals surface area (Å²) in [7, 11) is 2.09. The molecule has 2 aromatic heterocycles. The summed E-state index contributed by atoms with van der Waals surface area (Å²) in [5, 5.41) is 18.4. The Bertz CT molecular complexity index is 1060. The number of carbonyl (C=O) groups is 3. The van der Waals surface area contributed by atoms with Crippen molar-refractivity contribution >= 4 is 34.9 Å². The average Bonchev–Trinajstić information content (AvgIpc) is 3.48. The molecule has 2 saturated heterocycles. The molecular weight excluding hydrogens is 546 g/mol. The Hall–Kier alpha value is -3.24. The fraction of sp³-hybridized carbons (Fsp3) is 0.455. The lowest BCUT2D eigenvalue weighted by atomic mass is 9.93. The van der Waals surface area contributed by atoms with Gasteiger partial charge < -0.3 is 15.1 Å². The van der Waals surface area contributed by atoms with Crippen molar-refractivity contribution in [3.05, 3.63) is 46.9 Å². The van der Waals surface area contributed by atoms with Crippen molar-refractivity contribution in [3.63, 3.8) is 0 Å². The minimum atomic E-state index is -5.08. The number of carboxylic acid groups (broad SMARTS) is 2. The van der Waals surface area contributed by atoms with Crippen LogP contribution in [0.1, 0.15) is 12.1 Å². The molecule has 0 aromatic carbocycles. The van der Waals surface area contributed by atoms with Crippen LogP contribution in [0.15, 0.2) is 41.2 Å². The number of nitrogens with zero attached hydrogens (tertiary/aromatic N) is 4. The van der Waals surface area contributed by atoms with Crippen molar-refractivity contribution in [3.8, 4) is 0 Å². The largest absolute Gasteiger partial charge is 0.490 e. The van der Waals surface area contributed by atoms with Gasteiger partial charge >= 0.3 is 24.3 Å². The number of halogens is 6. The summed E-state index contributed by atoms with van der Waals surface area (Å²) in [6.45, 7) is 4.18. The maximum Gasteiger partial charge on any atom is 0.490 e. The van der Waals surface area contributed by atoms with Crippen LogP contribution in [0.5, 0.6) is 0 Å². The van der Waals surface area contributed by atoms with Gasteiger partial charge in [-0.3, -0.25) is 19.6 Å². The van der Waals surface area contributed by atoms with E-state index in [9.17, 15) is 31.1 Å². The second-order valence-corrected chi connectivity index (χ2v) is 9.21. The van der Waals surface area contributed by atoms with Gasteiger partial charge in [-0.2, -0.15) is 37.7 Å². The van der Waals surface area contributed by atoms with E-state index in [1.54, 1.807) is 11.3 Å². The van der Waals surface area contributed by atoms with Crippen molar-refractivity contribution in [1.29, 1.82) is 0 Å². The second kappa shape index (κ2) is 12.5. The topological polar surface area (TPSA) is 114 Å². The third-order valence-electron chi connectivity index (χ3n) is 5.76. The molecule has 1 atom stereocenters. The van der Waals surface area contributed by atoms with Crippen LogP contribution in [0.3, 0.4) is 0 Å². The van der Waals surface area contributed by atoms with Gasteiger partial charge in [-0.1, -0.05) is 6.07 Å². The molecule has 0 radical (unpaired) electrons. The molecule has 9 nitrogen and oxygen atoms in total. The molecule has 4 rings (SSSR count). The summed E-state index contributed by atoms with van der Waals surface area (Å²) in [4.78, 5) is 41.4. The highest BCUT2D eigenvalue weighted by molar-refractivity contribution is 7.08. The standard InChI is InChI=1S/C18H22N4OS.2C2HF3O2/c1-20-11-17(23)22(16-5-9-24-12-16)14-18(20)6-8-21(13-18)10-15-4-2-3-7-19-15;2*3-2(4,5)1(6)7/h2-5,7,9,12H,6,8,10-11,13-14H2,1H3;2*(H,6,7). The molecule has 1 unspecified atom stereocenters. The predicted molar refractivity (Wildman–Crippen MR) is 124 cm³/mol. The number of aromatic nitrogens is 1. The fourth-order valence-corrected chi connectivity index (χ4v) is 4.48. The van der Waals surface area contributed by atoms with Gasteiger partial charge in [-0.25, -0.2) is 9.59 Å². The van der Waals surface area contributed by atoms with Crippen molar-refractivity contribution in [1.82, 2.24) is 14.8 Å². The van der Waals surface area contributed by atoms with Crippen LogP contribution >= 0.6 is 11.3 Å². The fourth-order valence-electron chi connectivity index (χ4n) is 3.84. The van der Waals surface area contributed by atoms with Crippen LogP contribution in [-0.4, -0.2) is 94.0 Å². The number of amides is 1. The lowest BCUT2D eigenvalue weighted by Gasteiger charge is -2.46. The number of likely N-dealkylation sites (N-methyl/N-ethyl adjacent to an activating group) is 1. The monoisotopic (exact) mass is 570 g/mol. The van der Waals surface area contributed by atoms with E-state index in [2.05, 4.69) is 33.3 Å². The maximum atomic E-state index is 12.5. The lowest BCUT2D eigenvalue weighted by molar-refractivity contribution is -0.193. The third kappa shape index (κ3) is 8.66. The van der Waals surface area contributed by atoms with Crippen molar-refractivity contribution in [2.24, 2.45) is 0 Å². The number of hydrogen-bond donors (Lipinski definition) is 2. The SMILES string of the molecule is CN1CC(=O)N(c2ccsc2)CC12CCN(Cc1ccccn1)C2.O=C(O)C(F)(F)F.O=C(O)C(F)(F)F. The Morgan fingerprint density at radius 1 is 1.05 bits per heavy atom. The Morgan fingerprint density at radius 3 is 2.13 bits per heavy atom. The van der Waals surface area contributed by atoms with Crippen LogP contribution < -0.4 is 4.90 Å². The van der Waals surface area contributed by atoms with Gasteiger partial charge in [0.25, 0.3) is 0 Å². The van der Waals surface area contributed by atoms with Crippen molar-refractivity contribution in [2.45, 2.75) is 30.9 Å². The normalized spacial score (nSPS) is 20.4. The number of piperazine rings is 1. The molecule has 2 aliphatic rings. The number of hydrogen-bond acceptors (Lipinski definition) is 7. The highest BCUT2D eigenvalue weighted by Gasteiger charge is 2.47. The molecule has 16 heteroatoms. The smallest absolute Gasteiger partial charge is 0.475 e. The minimum absolute atomic E-state index is 0.0463. The summed E-state index contributed by atoms with van der Waals surface area (Å²) in [6.07, 6.45) is -7.23. The number of alkyl halides is 6. The lowest BCUT2D eigenvalue weighted by Crippen LogP contribution is -2.64. The van der Waals surface area contributed by atoms with Gasteiger partial charge in [-0.05, 0) is 37.0 Å². The summed E-state index contributed by atoms with van der Waals surface area (Å²) in [5.41, 5.74) is 2.20. The predicted octanol–water partition coefficient (Wildman–Crippen LogP) is 3.33. The molecule has 2 aliphatic heterocycles. The zero-order valence-electron chi connectivity index (χ0n) is 19.9. The zero-order valence-corrected chi connectivity index (χ0v) is 20.7. The van der Waals surface area contributed by atoms with Gasteiger partial charge in [0.05, 0.1) is 23.5 Å². The molecular formula is C22H24F6N4O5S. The van der Waals surface area contributed by atoms with E-state index in [4.69, 9.17) is 19.8 Å². The first-order chi connectivity index (χ1) is 17.5. The van der Waals surface area contributed by atoms with Crippen LogP contribution in [-0.2, 0) is 20.9 Å². The van der Waals surface area contributed by atoms with Gasteiger partial charge in [0.1, 0.15) is 0 Å². The summed E-state index contributed by atoms with van der Waals surface area (Å²) < 4.78 is 63.5. The number of carbonyl (C=O) groups excluding carboxylic acids is 1. The molecule has 1 spiro atoms. The van der Waals surface area contributed by atoms with Crippen LogP contribution in [0.4, 0.5) is 32.0 Å². The van der Waals surface area contributed by atoms with E-state index < -0.39 is 24.3 Å². The van der Waals surface area contributed by atoms with E-state index in [-0.39, 0.29) is 11.4 Å². The first-order valence-corrected chi connectivity index (χ1v) is 11.8. The van der Waals surface area contributed by atoms with E-state index in [1.165, 1.54) is 0 Å². The molecule has 2 N–H and O–H groups in total. The number of carboxylic acids is 2. The maximum absolute atomic E-state index is 12.5. The molecule has 1 amide bonds. The Balaban J connectivity index is 0.000000301. The molecule has 2 aromatic rings. The van der Waals surface area contributed by atoms with Crippen molar-refractivity contribution in [2.75, 3.05) is 38.1 Å². The van der Waals surface area contributed by atoms with E-state index in [1.807, 2.05) is 34.7 Å². The van der Waals surface area contributed by atoms with E-state index >= 15 is 0 Å². The van der Waals surface area contributed by atoms with Crippen LogP contribution in [0, 0.1) is 0 Å². The second-order valence-electron chi connectivity index (χ2n) is 8.43. The quantitative estimate of drug-likeness (QED) is 0.541. The Morgan fingerprint density at radius 2 is 1.66 bits per heavy atom. The molecule has 2 fully saturated rings. The van der Waals surface area contributed by atoms with Gasteiger partial charge in [-0.15, -0.1) is 0 Å². The number of rotatable bonds is 3. The summed E-state index contributed by atoms with van der Waals surface area (Å²) in [5.74, 6) is -5.32. The van der Waals surface area contributed by atoms with Gasteiger partial charge in [0, 0.05) is 37.8 Å². The Labute approximate surface area is 216 Å². The van der Waals surface area contributed by atoms with Gasteiger partial charge in [0.2, 0.25) is 5.91 Å². The van der Waals surface area contributed by atoms with Crippen LogP contribution in [0.25, 0.3) is 0 Å². The third-order valence-corrected chi connectivity index (χ3v) is 6.43. The van der Waals surface area contributed by atoms with Gasteiger partial charge in [0.15, 0.2) is 0 Å². The minimum Gasteiger partial charge on any atom is -0.475 e. The zero-order chi connectivity index (χ0) is 28.7. The molecule has 38 heavy (non-hydrogen) atoms. The number of likely N-dealkylation sites (tertiary alicyclic amines) is 1. The molecule has 0 bridgehead atoms. The number of aliphatic carboxylic acids is 2. The summed E-state index contributed by atoms with van der Waals surface area (Å²) >= 11 is 1.64. The molecule has 4 heterocycles. The Kier molecular flexibility index (Phi) is 10.2. The highest BCUT2D eigenvalue weighted by atomic mass is 32.1. The van der Waals surface area contributed by atoms with E-state index in [0.29, 0.717) is 6.54 Å². The highest BCUT2D eigenvalue weighted by Crippen LogP contribution is 2.34. The molecule has 0 saturated carbocycles. The van der Waals surface area contributed by atoms with Crippen LogP contribution in [0.2, 0.25) is 0 Å². The first-order valence-electron chi connectivity index (χ1n) is 10.8. The number of thiophene rings is 1. The molecule has 210 valence electrons. The summed E-state index contributed by atoms with van der Waals surface area (Å²) in [6, 6.07) is 8.12.